The van der Waals surface area contributed by atoms with Crippen molar-refractivity contribution in [3.63, 3.8) is 0 Å². The Kier molecular flexibility index (Phi) is 3.58. The van der Waals surface area contributed by atoms with Crippen LogP contribution in [-0.4, -0.2) is 0 Å². The minimum atomic E-state index is 0.163. The first-order chi connectivity index (χ1) is 2.91. The van der Waals surface area contributed by atoms with Gasteiger partial charge in [0.15, 0.2) is 0 Å². The van der Waals surface area contributed by atoms with Gasteiger partial charge in [-0.2, -0.15) is 5.26 Å². The second kappa shape index (κ2) is 4.16. The molecule has 0 heterocycles. The highest BCUT2D eigenvalue weighted by atomic mass is 19.1. The molecule has 0 amide bonds. The van der Waals surface area contributed by atoms with E-state index in [1.54, 1.807) is 6.07 Å². The first-order valence-electron chi connectivity index (χ1n) is 1.54. The minimum absolute atomic E-state index is 0.163. The molecule has 32 valence electrons. The van der Waals surface area contributed by atoms with Gasteiger partial charge in [0.25, 0.3) is 0 Å². The quantitative estimate of drug-likeness (QED) is 0.472. The molecule has 0 unspecified atom stereocenters. The monoisotopic (exact) mass is 85.0 g/mol. The van der Waals surface area contributed by atoms with Crippen LogP contribution in [0.2, 0.25) is 0 Å². The van der Waals surface area contributed by atoms with Gasteiger partial charge in [-0.05, 0) is 6.08 Å². The van der Waals surface area contributed by atoms with Crippen LogP contribution in [0, 0.1) is 11.3 Å². The zero-order chi connectivity index (χ0) is 4.83. The zero-order valence-corrected chi connectivity index (χ0v) is 3.19. The highest BCUT2D eigenvalue weighted by molar-refractivity contribution is 4.85. The molecular formula is C4H4FN. The smallest absolute Gasteiger partial charge is 0.0837 e. The number of halogens is 1. The lowest BCUT2D eigenvalue weighted by Gasteiger charge is -1.60. The topological polar surface area (TPSA) is 23.8 Å². The van der Waals surface area contributed by atoms with Gasteiger partial charge in [-0.15, -0.1) is 0 Å². The minimum Gasteiger partial charge on any atom is -0.216 e. The second-order valence-corrected chi connectivity index (χ2v) is 0.724. The van der Waals surface area contributed by atoms with Gasteiger partial charge in [-0.25, -0.2) is 4.39 Å². The molecule has 2 heteroatoms. The molecule has 0 aromatic rings. The maximum absolute atomic E-state index is 10.8. The lowest BCUT2D eigenvalue weighted by molar-refractivity contribution is 0.717. The van der Waals surface area contributed by atoms with Crippen LogP contribution in [0.4, 0.5) is 4.39 Å². The van der Waals surface area contributed by atoms with E-state index < -0.39 is 0 Å². The summed E-state index contributed by atoms with van der Waals surface area (Å²) < 4.78 is 10.8. The van der Waals surface area contributed by atoms with Gasteiger partial charge in [0.1, 0.15) is 0 Å². The summed E-state index contributed by atoms with van der Waals surface area (Å²) in [6, 6.07) is 1.74. The highest BCUT2D eigenvalue weighted by Gasteiger charge is 1.63. The van der Waals surface area contributed by atoms with Crippen molar-refractivity contribution in [2.24, 2.45) is 0 Å². The van der Waals surface area contributed by atoms with E-state index in [1.165, 1.54) is 0 Å². The van der Waals surface area contributed by atoms with Crippen molar-refractivity contribution in [3.8, 4) is 6.07 Å². The number of nitrogens with zero attached hydrogens (tertiary/aromatic N) is 1. The molecule has 6 heavy (non-hydrogen) atoms. The van der Waals surface area contributed by atoms with E-state index in [1.807, 2.05) is 0 Å². The predicted molar refractivity (Wildman–Crippen MR) is 20.5 cm³/mol. The van der Waals surface area contributed by atoms with Crippen molar-refractivity contribution in [1.29, 1.82) is 5.26 Å². The van der Waals surface area contributed by atoms with E-state index in [0.717, 1.165) is 6.08 Å². The van der Waals surface area contributed by atoms with Crippen LogP contribution < -0.4 is 0 Å². The summed E-state index contributed by atoms with van der Waals surface area (Å²) >= 11 is 0. The molecular weight excluding hydrogens is 81.0 g/mol. The van der Waals surface area contributed by atoms with Crippen LogP contribution in [0.15, 0.2) is 12.4 Å². The standard InChI is InChI=1S/C4H4FN/c5-3-1-2-4-6/h1,3H,2H2/b3-1+. The average Bonchev–Trinajstić information content (AvgIpc) is 1.61. The van der Waals surface area contributed by atoms with Crippen LogP contribution in [0.25, 0.3) is 0 Å². The summed E-state index contributed by atoms with van der Waals surface area (Å²) in [5, 5.41) is 7.73. The molecule has 0 N–H and O–H groups in total. The second-order valence-electron chi connectivity index (χ2n) is 0.724. The Bertz CT molecular complexity index is 80.0. The first-order valence-corrected chi connectivity index (χ1v) is 1.54. The third kappa shape index (κ3) is 3.16. The van der Waals surface area contributed by atoms with E-state index in [0.29, 0.717) is 6.33 Å². The fourth-order valence-corrected chi connectivity index (χ4v) is 0.0972. The molecule has 0 rings (SSSR count). The molecule has 0 aliphatic rings. The van der Waals surface area contributed by atoms with Crippen molar-refractivity contribution < 1.29 is 4.39 Å². The molecule has 0 bridgehead atoms. The Labute approximate surface area is 35.7 Å². The molecule has 0 spiro atoms. The van der Waals surface area contributed by atoms with Crippen molar-refractivity contribution in [1.82, 2.24) is 0 Å². The molecule has 1 nitrogen and oxygen atoms in total. The fraction of sp³-hybridized carbons (Fsp3) is 0.250. The number of rotatable bonds is 1. The SMILES string of the molecule is N#CC/C=C/F. The van der Waals surface area contributed by atoms with Crippen LogP contribution in [0.1, 0.15) is 6.42 Å². The normalized spacial score (nSPS) is 8.67. The van der Waals surface area contributed by atoms with Crippen molar-refractivity contribution >= 4 is 0 Å². The van der Waals surface area contributed by atoms with Gasteiger partial charge in [-0.1, -0.05) is 0 Å². The number of allylic oxidation sites excluding steroid dienone is 1. The zero-order valence-electron chi connectivity index (χ0n) is 3.19. The number of nitriles is 1. The van der Waals surface area contributed by atoms with Gasteiger partial charge >= 0.3 is 0 Å². The van der Waals surface area contributed by atoms with Crippen molar-refractivity contribution in [2.45, 2.75) is 6.42 Å². The Balaban J connectivity index is 2.92. The molecule has 0 aliphatic heterocycles. The summed E-state index contributed by atoms with van der Waals surface area (Å²) in [4.78, 5) is 0. The Morgan fingerprint density at radius 3 is 2.67 bits per heavy atom. The van der Waals surface area contributed by atoms with Gasteiger partial charge in [0, 0.05) is 0 Å². The van der Waals surface area contributed by atoms with E-state index in [9.17, 15) is 4.39 Å². The third-order valence-corrected chi connectivity index (χ3v) is 0.298. The molecule has 0 saturated heterocycles. The largest absolute Gasteiger partial charge is 0.216 e. The Morgan fingerprint density at radius 1 is 1.83 bits per heavy atom. The predicted octanol–water partition coefficient (Wildman–Crippen LogP) is 1.38. The molecule has 0 atom stereocenters. The van der Waals surface area contributed by atoms with Gasteiger partial charge < -0.3 is 0 Å². The first kappa shape index (κ1) is 5.16. The molecule has 0 fully saturated rings. The van der Waals surface area contributed by atoms with E-state index in [-0.39, 0.29) is 6.42 Å². The molecule has 0 aromatic carbocycles. The Morgan fingerprint density at radius 2 is 2.50 bits per heavy atom. The van der Waals surface area contributed by atoms with Crippen molar-refractivity contribution in [2.75, 3.05) is 0 Å². The van der Waals surface area contributed by atoms with Crippen molar-refractivity contribution in [3.05, 3.63) is 12.4 Å². The van der Waals surface area contributed by atoms with E-state index >= 15 is 0 Å². The van der Waals surface area contributed by atoms with E-state index in [2.05, 4.69) is 0 Å². The van der Waals surface area contributed by atoms with E-state index in [4.69, 9.17) is 5.26 Å². The summed E-state index contributed by atoms with van der Waals surface area (Å²) in [6.07, 6.45) is 1.68. The van der Waals surface area contributed by atoms with Crippen LogP contribution >= 0.6 is 0 Å². The summed E-state index contributed by atoms with van der Waals surface area (Å²) in [5.74, 6) is 0. The maximum Gasteiger partial charge on any atom is 0.0837 e. The van der Waals surface area contributed by atoms with Gasteiger partial charge in [0.2, 0.25) is 0 Å². The molecule has 0 saturated carbocycles. The van der Waals surface area contributed by atoms with Crippen LogP contribution in [0.5, 0.6) is 0 Å². The fourth-order valence-electron chi connectivity index (χ4n) is 0.0972. The van der Waals surface area contributed by atoms with Gasteiger partial charge in [0.05, 0.1) is 18.8 Å². The Hall–Kier alpha value is -0.840. The lowest BCUT2D eigenvalue weighted by Crippen LogP contribution is -1.48. The van der Waals surface area contributed by atoms with Crippen LogP contribution in [0.3, 0.4) is 0 Å². The lowest BCUT2D eigenvalue weighted by atomic mass is 10.5. The molecule has 0 radical (unpaired) electrons. The maximum atomic E-state index is 10.8. The summed E-state index contributed by atoms with van der Waals surface area (Å²) in [7, 11) is 0. The number of hydrogen-bond acceptors (Lipinski definition) is 1. The third-order valence-electron chi connectivity index (χ3n) is 0.298. The summed E-state index contributed by atoms with van der Waals surface area (Å²) in [5.41, 5.74) is 0. The molecule has 0 aliphatic carbocycles. The molecule has 0 aromatic heterocycles. The van der Waals surface area contributed by atoms with Crippen LogP contribution in [-0.2, 0) is 0 Å². The highest BCUT2D eigenvalue weighted by Crippen LogP contribution is 1.76. The number of hydrogen-bond donors (Lipinski definition) is 0. The van der Waals surface area contributed by atoms with Gasteiger partial charge in [-0.3, -0.25) is 0 Å². The average molecular weight is 85.1 g/mol. The summed E-state index contributed by atoms with van der Waals surface area (Å²) in [6.45, 7) is 0.